The van der Waals surface area contributed by atoms with Crippen LogP contribution in [0.3, 0.4) is 0 Å². The number of hydrogen-bond acceptors (Lipinski definition) is 1. The summed E-state index contributed by atoms with van der Waals surface area (Å²) >= 11 is 5.16. The maximum absolute atomic E-state index is 12.6. The second kappa shape index (κ2) is 4.05. The third-order valence-electron chi connectivity index (χ3n) is 3.43. The Morgan fingerprint density at radius 2 is 2.07 bits per heavy atom. The first kappa shape index (κ1) is 10.2. The average molecular weight is 220 g/mol. The molecule has 1 aliphatic carbocycles. The summed E-state index contributed by atoms with van der Waals surface area (Å²) in [5.41, 5.74) is -1.85. The zero-order valence-corrected chi connectivity index (χ0v) is 8.84. The van der Waals surface area contributed by atoms with Gasteiger partial charge in [0.25, 0.3) is 11.5 Å². The number of hydrogen-bond donors (Lipinski definition) is 0. The fraction of sp³-hybridized carbons (Fsp3) is 0.900. The van der Waals surface area contributed by atoms with E-state index in [4.69, 9.17) is 11.6 Å². The maximum Gasteiger partial charge on any atom is 0.272 e. The summed E-state index contributed by atoms with van der Waals surface area (Å²) in [6.45, 7) is 1.40. The minimum Gasteiger partial charge on any atom is -0.339 e. The number of rotatable bonds is 1. The summed E-state index contributed by atoms with van der Waals surface area (Å²) in [6.07, 6.45) is 4.70. The van der Waals surface area contributed by atoms with Crippen LogP contribution >= 0.6 is 11.6 Å². The van der Waals surface area contributed by atoms with Crippen LogP contribution < -0.4 is 0 Å². The van der Waals surface area contributed by atoms with E-state index in [2.05, 4.69) is 0 Å². The quantitative estimate of drug-likeness (QED) is 0.619. The van der Waals surface area contributed by atoms with E-state index in [1.807, 2.05) is 0 Å². The van der Waals surface area contributed by atoms with Crippen molar-refractivity contribution in [3.05, 3.63) is 0 Å². The molecule has 0 aromatic carbocycles. The van der Waals surface area contributed by atoms with E-state index in [9.17, 15) is 9.18 Å². The second-order valence-electron chi connectivity index (χ2n) is 4.42. The summed E-state index contributed by atoms with van der Waals surface area (Å²) < 4.78 is 12.6. The molecule has 1 saturated heterocycles. The van der Waals surface area contributed by atoms with Crippen LogP contribution in [0.2, 0.25) is 0 Å². The Labute approximate surface area is 88.4 Å². The van der Waals surface area contributed by atoms with E-state index in [0.29, 0.717) is 19.0 Å². The van der Waals surface area contributed by atoms with Gasteiger partial charge in [0.2, 0.25) is 0 Å². The van der Waals surface area contributed by atoms with Crippen molar-refractivity contribution < 1.29 is 9.18 Å². The van der Waals surface area contributed by atoms with E-state index >= 15 is 0 Å². The highest BCUT2D eigenvalue weighted by Gasteiger charge is 2.33. The molecule has 0 aromatic heterocycles. The van der Waals surface area contributed by atoms with E-state index in [1.54, 1.807) is 4.90 Å². The number of carbonyl (C=O) groups excluding carboxylic acids is 1. The molecule has 2 nitrogen and oxygen atoms in total. The predicted molar refractivity (Wildman–Crippen MR) is 52.8 cm³/mol. The Morgan fingerprint density at radius 1 is 1.36 bits per heavy atom. The third-order valence-corrected chi connectivity index (χ3v) is 3.62. The van der Waals surface area contributed by atoms with Gasteiger partial charge < -0.3 is 4.90 Å². The first-order chi connectivity index (χ1) is 6.66. The Balaban J connectivity index is 1.98. The number of fused-ring (bicyclic) bond motifs is 2. The molecular formula is C10H15ClFNO. The molecule has 1 saturated carbocycles. The van der Waals surface area contributed by atoms with Crippen LogP contribution in [-0.2, 0) is 4.79 Å². The average Bonchev–Trinajstić information content (AvgIpc) is 2.45. The van der Waals surface area contributed by atoms with Crippen molar-refractivity contribution in [2.75, 3.05) is 13.1 Å². The Bertz CT molecular complexity index is 234. The molecule has 3 atom stereocenters. The van der Waals surface area contributed by atoms with Gasteiger partial charge in [-0.15, -0.1) is 0 Å². The van der Waals surface area contributed by atoms with Gasteiger partial charge in [0.1, 0.15) is 0 Å². The molecule has 0 spiro atoms. The standard InChI is InChI=1S/C10H15ClFNO/c11-9(12)10(14)13-4-3-7-1-2-8(5-7)6-13/h7-9H,1-6H2. The fourth-order valence-electron chi connectivity index (χ4n) is 2.69. The third kappa shape index (κ3) is 2.02. The lowest BCUT2D eigenvalue weighted by Crippen LogP contribution is -2.38. The number of halogens is 2. The van der Waals surface area contributed by atoms with E-state index in [-0.39, 0.29) is 0 Å². The van der Waals surface area contributed by atoms with E-state index < -0.39 is 11.5 Å². The zero-order chi connectivity index (χ0) is 10.1. The number of nitrogens with zero attached hydrogens (tertiary/aromatic N) is 1. The first-order valence-corrected chi connectivity index (χ1v) is 5.67. The van der Waals surface area contributed by atoms with Crippen LogP contribution in [0.4, 0.5) is 4.39 Å². The molecule has 80 valence electrons. The fourth-order valence-corrected chi connectivity index (χ4v) is 2.82. The summed E-state index contributed by atoms with van der Waals surface area (Å²) in [5.74, 6) is 0.798. The lowest BCUT2D eigenvalue weighted by molar-refractivity contribution is -0.134. The van der Waals surface area contributed by atoms with Crippen molar-refractivity contribution in [3.63, 3.8) is 0 Å². The van der Waals surface area contributed by atoms with Crippen LogP contribution in [0.15, 0.2) is 0 Å². The monoisotopic (exact) mass is 219 g/mol. The minimum absolute atomic E-state index is 0.542. The molecule has 0 aromatic rings. The highest BCUT2D eigenvalue weighted by atomic mass is 35.5. The Kier molecular flexibility index (Phi) is 2.96. The van der Waals surface area contributed by atoms with Crippen LogP contribution in [-0.4, -0.2) is 29.5 Å². The topological polar surface area (TPSA) is 20.3 Å². The molecule has 1 aliphatic heterocycles. The summed E-state index contributed by atoms with van der Waals surface area (Å²) in [6, 6.07) is 0. The number of amides is 1. The highest BCUT2D eigenvalue weighted by Crippen LogP contribution is 2.36. The summed E-state index contributed by atoms with van der Waals surface area (Å²) in [5, 5.41) is 0. The summed E-state index contributed by atoms with van der Waals surface area (Å²) in [7, 11) is 0. The zero-order valence-electron chi connectivity index (χ0n) is 8.09. The van der Waals surface area contributed by atoms with Crippen LogP contribution in [0, 0.1) is 11.8 Å². The first-order valence-electron chi connectivity index (χ1n) is 5.23. The van der Waals surface area contributed by atoms with Crippen molar-refractivity contribution >= 4 is 17.5 Å². The minimum atomic E-state index is -1.85. The maximum atomic E-state index is 12.6. The molecule has 2 rings (SSSR count). The molecule has 2 fully saturated rings. The molecule has 4 heteroatoms. The van der Waals surface area contributed by atoms with Crippen LogP contribution in [0.5, 0.6) is 0 Å². The summed E-state index contributed by atoms with van der Waals surface area (Å²) in [4.78, 5) is 12.9. The van der Waals surface area contributed by atoms with Crippen LogP contribution in [0.25, 0.3) is 0 Å². The van der Waals surface area contributed by atoms with Gasteiger partial charge in [-0.3, -0.25) is 4.79 Å². The Hall–Kier alpha value is -0.310. The normalized spacial score (nSPS) is 34.0. The molecule has 3 unspecified atom stereocenters. The van der Waals surface area contributed by atoms with Gasteiger partial charge >= 0.3 is 0 Å². The molecule has 1 amide bonds. The predicted octanol–water partition coefficient (Wildman–Crippen LogP) is 2.17. The highest BCUT2D eigenvalue weighted by molar-refractivity contribution is 6.29. The van der Waals surface area contributed by atoms with Gasteiger partial charge in [0.05, 0.1) is 0 Å². The molecule has 14 heavy (non-hydrogen) atoms. The largest absolute Gasteiger partial charge is 0.339 e. The van der Waals surface area contributed by atoms with Crippen molar-refractivity contribution in [1.29, 1.82) is 0 Å². The van der Waals surface area contributed by atoms with Gasteiger partial charge in [0, 0.05) is 13.1 Å². The lowest BCUT2D eigenvalue weighted by Gasteiger charge is -2.24. The van der Waals surface area contributed by atoms with Gasteiger partial charge in [-0.1, -0.05) is 18.0 Å². The molecule has 2 aliphatic rings. The van der Waals surface area contributed by atoms with Crippen molar-refractivity contribution in [1.82, 2.24) is 4.90 Å². The molecule has 0 radical (unpaired) electrons. The van der Waals surface area contributed by atoms with Crippen molar-refractivity contribution in [3.8, 4) is 0 Å². The van der Waals surface area contributed by atoms with E-state index in [1.165, 1.54) is 19.3 Å². The SMILES string of the molecule is O=C(C(F)Cl)N1CCC2CCC(C2)C1. The number of likely N-dealkylation sites (tertiary alicyclic amines) is 1. The molecule has 2 bridgehead atoms. The van der Waals surface area contributed by atoms with Gasteiger partial charge in [0.15, 0.2) is 0 Å². The van der Waals surface area contributed by atoms with Gasteiger partial charge in [-0.25, -0.2) is 4.39 Å². The second-order valence-corrected chi connectivity index (χ2v) is 4.80. The molecule has 1 heterocycles. The number of alkyl halides is 2. The molecular weight excluding hydrogens is 205 g/mol. The van der Waals surface area contributed by atoms with Gasteiger partial charge in [-0.05, 0) is 31.1 Å². The van der Waals surface area contributed by atoms with Crippen LogP contribution in [0.1, 0.15) is 25.7 Å². The lowest BCUT2D eigenvalue weighted by atomic mass is 10.0. The van der Waals surface area contributed by atoms with E-state index in [0.717, 1.165) is 12.3 Å². The Morgan fingerprint density at radius 3 is 2.79 bits per heavy atom. The molecule has 0 N–H and O–H groups in total. The van der Waals surface area contributed by atoms with Crippen molar-refractivity contribution in [2.24, 2.45) is 11.8 Å². The number of carbonyl (C=O) groups is 1. The van der Waals surface area contributed by atoms with Crippen molar-refractivity contribution in [2.45, 2.75) is 31.3 Å². The smallest absolute Gasteiger partial charge is 0.272 e. The van der Waals surface area contributed by atoms with Gasteiger partial charge in [-0.2, -0.15) is 0 Å².